The molecule has 0 aliphatic rings. The van der Waals surface area contributed by atoms with Gasteiger partial charge in [0.15, 0.2) is 0 Å². The van der Waals surface area contributed by atoms with Crippen LogP contribution >= 0.6 is 24.0 Å². The van der Waals surface area contributed by atoms with E-state index < -0.39 is 0 Å². The molecule has 2 N–H and O–H groups in total. The van der Waals surface area contributed by atoms with Crippen LogP contribution in [0.3, 0.4) is 0 Å². The summed E-state index contributed by atoms with van der Waals surface area (Å²) in [5.74, 6) is 0. The fraction of sp³-hybridized carbons (Fsp3) is 0.444. The molecule has 0 unspecified atom stereocenters. The molecule has 0 spiro atoms. The van der Waals surface area contributed by atoms with Crippen molar-refractivity contribution in [3.8, 4) is 0 Å². The van der Waals surface area contributed by atoms with Gasteiger partial charge in [-0.2, -0.15) is 0 Å². The Morgan fingerprint density at radius 1 is 1.38 bits per heavy atom. The van der Waals surface area contributed by atoms with Crippen molar-refractivity contribution in [1.29, 1.82) is 0 Å². The number of hydrogen-bond acceptors (Lipinski definition) is 2. The predicted molar refractivity (Wildman–Crippen MR) is 58.5 cm³/mol. The van der Waals surface area contributed by atoms with Crippen molar-refractivity contribution < 1.29 is 0 Å². The van der Waals surface area contributed by atoms with E-state index in [0.717, 1.165) is 25.8 Å². The summed E-state index contributed by atoms with van der Waals surface area (Å²) < 4.78 is 0. The molecule has 0 saturated carbocycles. The quantitative estimate of drug-likeness (QED) is 0.626. The van der Waals surface area contributed by atoms with Gasteiger partial charge >= 0.3 is 0 Å². The summed E-state index contributed by atoms with van der Waals surface area (Å²) in [6.07, 6.45) is 4.97. The van der Waals surface area contributed by atoms with Crippen LogP contribution in [0.5, 0.6) is 0 Å². The van der Waals surface area contributed by atoms with Crippen LogP contribution in [0.15, 0.2) is 18.3 Å². The Morgan fingerprint density at radius 3 is 2.77 bits per heavy atom. The highest BCUT2D eigenvalue weighted by Gasteiger charge is 1.94. The summed E-state index contributed by atoms with van der Waals surface area (Å²) >= 11 is 5.72. The number of unbranched alkanes of at least 4 members (excludes halogenated alkanes) is 1. The van der Waals surface area contributed by atoms with Crippen molar-refractivity contribution in [2.75, 3.05) is 6.54 Å². The van der Waals surface area contributed by atoms with Crippen LogP contribution in [0, 0.1) is 0 Å². The molecule has 0 saturated heterocycles. The summed E-state index contributed by atoms with van der Waals surface area (Å²) in [5, 5.41) is 0.570. The zero-order valence-electron chi connectivity index (χ0n) is 7.37. The van der Waals surface area contributed by atoms with E-state index in [1.165, 1.54) is 5.56 Å². The molecule has 1 aromatic heterocycles. The highest BCUT2D eigenvalue weighted by Crippen LogP contribution is 2.09. The second-order valence-corrected chi connectivity index (χ2v) is 3.12. The number of nitrogens with two attached hydrogens (primary N) is 1. The number of hydrogen-bond donors (Lipinski definition) is 1. The van der Waals surface area contributed by atoms with Crippen molar-refractivity contribution in [3.63, 3.8) is 0 Å². The maximum absolute atomic E-state index is 5.72. The zero-order chi connectivity index (χ0) is 8.81. The maximum Gasteiger partial charge on any atom is 0.129 e. The molecule has 1 rings (SSSR count). The topological polar surface area (TPSA) is 38.9 Å². The van der Waals surface area contributed by atoms with Crippen LogP contribution < -0.4 is 5.73 Å². The van der Waals surface area contributed by atoms with E-state index >= 15 is 0 Å². The third-order valence-corrected chi connectivity index (χ3v) is 1.92. The van der Waals surface area contributed by atoms with Gasteiger partial charge in [0.25, 0.3) is 0 Å². The van der Waals surface area contributed by atoms with E-state index in [1.54, 1.807) is 6.20 Å². The third-order valence-electron chi connectivity index (χ3n) is 1.71. The van der Waals surface area contributed by atoms with Crippen LogP contribution in [-0.4, -0.2) is 11.5 Å². The van der Waals surface area contributed by atoms with Gasteiger partial charge in [0, 0.05) is 6.20 Å². The first kappa shape index (κ1) is 12.7. The van der Waals surface area contributed by atoms with E-state index in [2.05, 4.69) is 4.98 Å². The largest absolute Gasteiger partial charge is 0.330 e. The maximum atomic E-state index is 5.72. The highest BCUT2D eigenvalue weighted by atomic mass is 35.5. The number of rotatable bonds is 4. The molecule has 0 aromatic carbocycles. The van der Waals surface area contributed by atoms with Crippen LogP contribution in [0.1, 0.15) is 18.4 Å². The Bertz CT molecular complexity index is 241. The van der Waals surface area contributed by atoms with E-state index in [9.17, 15) is 0 Å². The smallest absolute Gasteiger partial charge is 0.129 e. The third kappa shape index (κ3) is 5.09. The summed E-state index contributed by atoms with van der Waals surface area (Å²) in [7, 11) is 0. The lowest BCUT2D eigenvalue weighted by molar-refractivity contribution is 0.744. The second kappa shape index (κ2) is 7.13. The lowest BCUT2D eigenvalue weighted by atomic mass is 10.1. The van der Waals surface area contributed by atoms with Gasteiger partial charge in [0.05, 0.1) is 0 Å². The summed E-state index contributed by atoms with van der Waals surface area (Å²) in [4.78, 5) is 3.91. The van der Waals surface area contributed by atoms with Gasteiger partial charge in [-0.1, -0.05) is 11.6 Å². The Labute approximate surface area is 89.9 Å². The van der Waals surface area contributed by atoms with Crippen LogP contribution in [0.25, 0.3) is 0 Å². The molecule has 0 aliphatic carbocycles. The van der Waals surface area contributed by atoms with E-state index in [1.807, 2.05) is 12.1 Å². The number of aryl methyl sites for hydroxylation is 1. The average Bonchev–Trinajstić information content (AvgIpc) is 2.05. The lowest BCUT2D eigenvalue weighted by Crippen LogP contribution is -1.98. The molecule has 1 aromatic rings. The first-order valence-corrected chi connectivity index (χ1v) is 4.51. The molecule has 74 valence electrons. The van der Waals surface area contributed by atoms with E-state index in [0.29, 0.717) is 5.15 Å². The number of nitrogens with zero attached hydrogens (tertiary/aromatic N) is 1. The number of pyridine rings is 1. The molecule has 0 atom stereocenters. The lowest BCUT2D eigenvalue weighted by Gasteiger charge is -1.99. The minimum atomic E-state index is 0. The molecule has 0 aliphatic heterocycles. The Balaban J connectivity index is 0.00000144. The van der Waals surface area contributed by atoms with E-state index in [-0.39, 0.29) is 12.4 Å². The van der Waals surface area contributed by atoms with Gasteiger partial charge in [-0.3, -0.25) is 0 Å². The molecule has 13 heavy (non-hydrogen) atoms. The minimum absolute atomic E-state index is 0. The van der Waals surface area contributed by atoms with Crippen LogP contribution in [0.4, 0.5) is 0 Å². The van der Waals surface area contributed by atoms with Gasteiger partial charge in [0.1, 0.15) is 5.15 Å². The van der Waals surface area contributed by atoms with Crippen LogP contribution in [0.2, 0.25) is 5.15 Å². The molecule has 1 heterocycles. The Kier molecular flexibility index (Phi) is 6.96. The number of halogens is 2. The second-order valence-electron chi connectivity index (χ2n) is 2.73. The van der Waals surface area contributed by atoms with Gasteiger partial charge in [-0.05, 0) is 43.5 Å². The van der Waals surface area contributed by atoms with Gasteiger partial charge in [-0.15, -0.1) is 12.4 Å². The van der Waals surface area contributed by atoms with E-state index in [4.69, 9.17) is 17.3 Å². The average molecular weight is 221 g/mol. The summed E-state index contributed by atoms with van der Waals surface area (Å²) in [6.45, 7) is 0.763. The fourth-order valence-electron chi connectivity index (χ4n) is 1.07. The Hall–Kier alpha value is -0.310. The molecular weight excluding hydrogens is 207 g/mol. The summed E-state index contributed by atoms with van der Waals surface area (Å²) in [5.41, 5.74) is 6.62. The van der Waals surface area contributed by atoms with Crippen molar-refractivity contribution in [2.24, 2.45) is 5.73 Å². The number of aromatic nitrogens is 1. The monoisotopic (exact) mass is 220 g/mol. The van der Waals surface area contributed by atoms with Gasteiger partial charge in [-0.25, -0.2) is 4.98 Å². The van der Waals surface area contributed by atoms with Crippen molar-refractivity contribution in [3.05, 3.63) is 29.0 Å². The van der Waals surface area contributed by atoms with Gasteiger partial charge < -0.3 is 5.73 Å². The minimum Gasteiger partial charge on any atom is -0.330 e. The molecule has 0 bridgehead atoms. The Morgan fingerprint density at radius 2 is 2.15 bits per heavy atom. The standard InChI is InChI=1S/C9H13ClN2.ClH/c10-9-7-8(4-6-12-9)3-1-2-5-11;/h4,6-7H,1-3,5,11H2;1H. The highest BCUT2D eigenvalue weighted by molar-refractivity contribution is 6.29. The van der Waals surface area contributed by atoms with Crippen molar-refractivity contribution >= 4 is 24.0 Å². The van der Waals surface area contributed by atoms with Crippen molar-refractivity contribution in [2.45, 2.75) is 19.3 Å². The molecule has 4 heteroatoms. The SMILES string of the molecule is Cl.NCCCCc1ccnc(Cl)c1. The first-order valence-electron chi connectivity index (χ1n) is 4.13. The van der Waals surface area contributed by atoms with Gasteiger partial charge in [0.2, 0.25) is 0 Å². The molecule has 0 fully saturated rings. The molecule has 0 radical (unpaired) electrons. The molecular formula is C9H14Cl2N2. The fourth-order valence-corrected chi connectivity index (χ4v) is 1.27. The first-order chi connectivity index (χ1) is 5.83. The van der Waals surface area contributed by atoms with Crippen molar-refractivity contribution in [1.82, 2.24) is 4.98 Å². The molecule has 2 nitrogen and oxygen atoms in total. The zero-order valence-corrected chi connectivity index (χ0v) is 8.94. The molecule has 0 amide bonds. The predicted octanol–water partition coefficient (Wildman–Crippen LogP) is 2.44. The summed E-state index contributed by atoms with van der Waals surface area (Å²) in [6, 6.07) is 3.89. The van der Waals surface area contributed by atoms with Crippen LogP contribution in [-0.2, 0) is 6.42 Å². The normalized spacial score (nSPS) is 9.38.